The molecule has 4 saturated heterocycles. The second-order valence-electron chi connectivity index (χ2n) is 19.0. The highest BCUT2D eigenvalue weighted by Gasteiger charge is 2.35. The summed E-state index contributed by atoms with van der Waals surface area (Å²) in [7, 11) is 0. The number of anilines is 2. The Labute approximate surface area is 413 Å². The van der Waals surface area contributed by atoms with Gasteiger partial charge >= 0.3 is 18.3 Å². The van der Waals surface area contributed by atoms with Crippen molar-refractivity contribution in [1.82, 2.24) is 15.1 Å². The van der Waals surface area contributed by atoms with Gasteiger partial charge in [-0.1, -0.05) is 72.8 Å². The average molecular weight is 983 g/mol. The van der Waals surface area contributed by atoms with Gasteiger partial charge in [0.25, 0.3) is 0 Å². The van der Waals surface area contributed by atoms with Crippen molar-refractivity contribution in [3.05, 3.63) is 131 Å². The van der Waals surface area contributed by atoms with E-state index in [2.05, 4.69) is 5.32 Å². The Balaban J connectivity index is 0.000000213. The molecule has 0 aliphatic carbocycles. The lowest BCUT2D eigenvalue weighted by molar-refractivity contribution is -0.138. The van der Waals surface area contributed by atoms with Crippen LogP contribution in [-0.4, -0.2) is 123 Å². The summed E-state index contributed by atoms with van der Waals surface area (Å²) in [5, 5.41) is 2.59. The van der Waals surface area contributed by atoms with E-state index in [0.717, 1.165) is 11.1 Å². The summed E-state index contributed by atoms with van der Waals surface area (Å²) in [6.07, 6.45) is 0.00214. The fourth-order valence-corrected chi connectivity index (χ4v) is 8.96. The molecule has 0 saturated carbocycles. The number of carbonyl (C=O) groups is 5. The highest BCUT2D eigenvalue weighted by atomic mass is 19.1. The monoisotopic (exact) mass is 982 g/mol. The molecule has 8 rings (SSSR count). The molecule has 4 fully saturated rings. The molecule has 4 aliphatic heterocycles. The molecule has 71 heavy (non-hydrogen) atoms. The minimum atomic E-state index is -0.634. The number of carbonyl (C=O) groups excluding carboxylic acids is 5. The van der Waals surface area contributed by atoms with Crippen molar-refractivity contribution in [1.29, 1.82) is 0 Å². The summed E-state index contributed by atoms with van der Waals surface area (Å²) in [6, 6.07) is 29.0. The van der Waals surface area contributed by atoms with Crippen LogP contribution in [-0.2, 0) is 46.5 Å². The van der Waals surface area contributed by atoms with E-state index in [1.165, 1.54) is 21.9 Å². The Morgan fingerprint density at radius 1 is 0.648 bits per heavy atom. The first-order chi connectivity index (χ1) is 34.1. The molecular weight excluding hydrogens is 919 g/mol. The number of nitrogens with one attached hydrogen (secondary N) is 1. The zero-order chi connectivity index (χ0) is 50.5. The number of nitrogens with two attached hydrogens (primary N) is 1. The van der Waals surface area contributed by atoms with E-state index < -0.39 is 35.8 Å². The van der Waals surface area contributed by atoms with Crippen LogP contribution in [0.2, 0.25) is 0 Å². The van der Waals surface area contributed by atoms with Gasteiger partial charge in [-0.2, -0.15) is 0 Å². The molecule has 4 heterocycles. The molecule has 0 bridgehead atoms. The zero-order valence-corrected chi connectivity index (χ0v) is 40.6. The maximum absolute atomic E-state index is 15.2. The lowest BCUT2D eigenvalue weighted by Gasteiger charge is -2.32. The van der Waals surface area contributed by atoms with Gasteiger partial charge < -0.3 is 44.5 Å². The molecule has 0 radical (unpaired) electrons. The summed E-state index contributed by atoms with van der Waals surface area (Å²) in [6.45, 7) is 9.13. The molecule has 5 amide bonds. The van der Waals surface area contributed by atoms with Crippen LogP contribution >= 0.6 is 0 Å². The van der Waals surface area contributed by atoms with Gasteiger partial charge in [-0.05, 0) is 105 Å². The molecule has 0 spiro atoms. The molecule has 3 N–H and O–H groups in total. The quantitative estimate of drug-likeness (QED) is 0.112. The van der Waals surface area contributed by atoms with Crippen molar-refractivity contribution >= 4 is 41.5 Å². The molecule has 0 unspecified atom stereocenters. The van der Waals surface area contributed by atoms with Crippen LogP contribution in [0.3, 0.4) is 0 Å². The standard InChI is InChI=1S/C29H36FN3O6.C24H28FN3O4/c1-29(2,3)39-27(35)31-16-23-17-33(28(36)38-23)22-9-10-24(25(30)15-22)21-11-13-32(14-12-21)26(34)19-37-18-20-7-5-4-6-8-20;25-22-12-19(28-14-20(13-26)32-24(28)30)6-7-21(22)18-8-10-27(11-9-18)23(29)16-31-15-17-4-2-1-3-5-17/h4-10,15,21,23H,11-14,16-19H2,1-3H3,(H,31,35);1-7,12,18,20H,8-11,13-16,26H2/t23-;20-/m00/s1. The van der Waals surface area contributed by atoms with Crippen molar-refractivity contribution in [2.24, 2.45) is 5.73 Å². The first-order valence-electron chi connectivity index (χ1n) is 24.1. The molecule has 380 valence electrons. The van der Waals surface area contributed by atoms with Gasteiger partial charge in [0.05, 0.1) is 44.2 Å². The van der Waals surface area contributed by atoms with Gasteiger partial charge in [0.1, 0.15) is 42.7 Å². The Hall–Kier alpha value is -6.63. The highest BCUT2D eigenvalue weighted by molar-refractivity contribution is 5.90. The van der Waals surface area contributed by atoms with Crippen LogP contribution in [0.1, 0.15) is 80.5 Å². The van der Waals surface area contributed by atoms with E-state index in [4.69, 9.17) is 29.4 Å². The van der Waals surface area contributed by atoms with Gasteiger partial charge in [0.2, 0.25) is 11.8 Å². The number of nitrogens with zero attached hydrogens (tertiary/aromatic N) is 4. The molecule has 16 nitrogen and oxygen atoms in total. The van der Waals surface area contributed by atoms with Gasteiger partial charge in [0, 0.05) is 32.7 Å². The fraction of sp³-hybridized carbons (Fsp3) is 0.453. The summed E-state index contributed by atoms with van der Waals surface area (Å²) in [5.74, 6) is -0.847. The lowest BCUT2D eigenvalue weighted by Crippen LogP contribution is -2.40. The first kappa shape index (κ1) is 52.2. The van der Waals surface area contributed by atoms with Crippen LogP contribution in [0.15, 0.2) is 97.1 Å². The van der Waals surface area contributed by atoms with E-state index in [9.17, 15) is 28.4 Å². The summed E-state index contributed by atoms with van der Waals surface area (Å²) >= 11 is 0. The fourth-order valence-electron chi connectivity index (χ4n) is 8.96. The third kappa shape index (κ3) is 14.7. The Bertz CT molecular complexity index is 2450. The van der Waals surface area contributed by atoms with Crippen LogP contribution in [0, 0.1) is 11.6 Å². The Morgan fingerprint density at radius 3 is 1.46 bits per heavy atom. The van der Waals surface area contributed by atoms with Crippen molar-refractivity contribution in [3.8, 4) is 0 Å². The molecule has 4 aromatic rings. The molecule has 4 aromatic carbocycles. The van der Waals surface area contributed by atoms with Crippen molar-refractivity contribution in [3.63, 3.8) is 0 Å². The van der Waals surface area contributed by atoms with Crippen LogP contribution < -0.4 is 20.9 Å². The van der Waals surface area contributed by atoms with Crippen molar-refractivity contribution in [2.75, 3.05) is 75.4 Å². The number of alkyl carbamates (subject to hydrolysis) is 1. The number of piperidine rings is 2. The predicted molar refractivity (Wildman–Crippen MR) is 261 cm³/mol. The number of ether oxygens (including phenoxy) is 5. The van der Waals surface area contributed by atoms with E-state index in [0.29, 0.717) is 94.1 Å². The molecule has 18 heteroatoms. The molecule has 2 atom stereocenters. The minimum Gasteiger partial charge on any atom is -0.444 e. The van der Waals surface area contributed by atoms with Gasteiger partial charge in [-0.15, -0.1) is 0 Å². The SMILES string of the molecule is CC(C)(C)OC(=O)NC[C@H]1CN(c2ccc(C3CCN(C(=O)COCc4ccccc4)CC3)c(F)c2)C(=O)O1.NC[C@H]1CN(c2ccc(C3CCN(C(=O)COCc4ccccc4)CC3)c(F)c2)C(=O)O1. The second kappa shape index (κ2) is 24.5. The third-order valence-electron chi connectivity index (χ3n) is 12.7. The number of amides is 5. The maximum atomic E-state index is 15.2. The van der Waals surface area contributed by atoms with Gasteiger partial charge in [-0.25, -0.2) is 23.2 Å². The largest absolute Gasteiger partial charge is 0.444 e. The molecular formula is C53H64F2N6O10. The van der Waals surface area contributed by atoms with Gasteiger partial charge in [0.15, 0.2) is 0 Å². The lowest BCUT2D eigenvalue weighted by atomic mass is 9.89. The molecule has 4 aliphatic rings. The topological polar surface area (TPSA) is 183 Å². The maximum Gasteiger partial charge on any atom is 0.414 e. The number of benzene rings is 4. The van der Waals surface area contributed by atoms with E-state index in [-0.39, 0.29) is 68.4 Å². The summed E-state index contributed by atoms with van der Waals surface area (Å²) < 4.78 is 56.8. The normalized spacial score (nSPS) is 18.7. The Morgan fingerprint density at radius 2 is 1.07 bits per heavy atom. The zero-order valence-electron chi connectivity index (χ0n) is 40.6. The van der Waals surface area contributed by atoms with E-state index >= 15 is 4.39 Å². The highest BCUT2D eigenvalue weighted by Crippen LogP contribution is 2.35. The van der Waals surface area contributed by atoms with Crippen molar-refractivity contribution in [2.45, 2.75) is 89.3 Å². The number of halogens is 2. The van der Waals surface area contributed by atoms with Crippen LogP contribution in [0.25, 0.3) is 0 Å². The number of rotatable bonds is 15. The average Bonchev–Trinajstić information content (AvgIpc) is 3.94. The predicted octanol–water partition coefficient (Wildman–Crippen LogP) is 7.63. The van der Waals surface area contributed by atoms with Crippen molar-refractivity contribution < 1.29 is 56.4 Å². The second-order valence-corrected chi connectivity index (χ2v) is 19.0. The molecule has 0 aromatic heterocycles. The summed E-state index contributed by atoms with van der Waals surface area (Å²) in [4.78, 5) is 67.5. The van der Waals surface area contributed by atoms with E-state index in [1.807, 2.05) is 60.7 Å². The first-order valence-corrected chi connectivity index (χ1v) is 24.1. The number of hydrogen-bond donors (Lipinski definition) is 2. The number of hydrogen-bond acceptors (Lipinski definition) is 11. The summed E-state index contributed by atoms with van der Waals surface area (Å²) in [5.41, 5.74) is 9.01. The number of cyclic esters (lactones) is 2. The minimum absolute atomic E-state index is 0.0167. The smallest absolute Gasteiger partial charge is 0.414 e. The van der Waals surface area contributed by atoms with E-state index in [1.54, 1.807) is 54.8 Å². The third-order valence-corrected chi connectivity index (χ3v) is 12.7. The van der Waals surface area contributed by atoms with Crippen LogP contribution in [0.4, 0.5) is 34.5 Å². The Kier molecular flexibility index (Phi) is 18.0. The van der Waals surface area contributed by atoms with Gasteiger partial charge in [-0.3, -0.25) is 19.4 Å². The number of likely N-dealkylation sites (tertiary alicyclic amines) is 2. The van der Waals surface area contributed by atoms with Crippen LogP contribution in [0.5, 0.6) is 0 Å².